The molecule has 1 atom stereocenters. The summed E-state index contributed by atoms with van der Waals surface area (Å²) in [6, 6.07) is -0.475. The van der Waals surface area contributed by atoms with E-state index < -0.39 is 15.9 Å². The molecule has 0 spiro atoms. The Morgan fingerprint density at radius 3 is 2.86 bits per heavy atom. The van der Waals surface area contributed by atoms with Crippen molar-refractivity contribution in [1.82, 2.24) is 14.7 Å². The van der Waals surface area contributed by atoms with Crippen molar-refractivity contribution in [2.45, 2.75) is 32.9 Å². The average Bonchev–Trinajstić information content (AvgIpc) is 2.95. The van der Waals surface area contributed by atoms with Gasteiger partial charge in [-0.15, -0.1) is 0 Å². The van der Waals surface area contributed by atoms with Crippen LogP contribution < -0.4 is 0 Å². The van der Waals surface area contributed by atoms with Crippen LogP contribution in [0.5, 0.6) is 0 Å². The van der Waals surface area contributed by atoms with E-state index in [0.29, 0.717) is 13.2 Å². The number of aryl methyl sites for hydroxylation is 1. The molecule has 1 saturated heterocycles. The van der Waals surface area contributed by atoms with E-state index >= 15 is 0 Å². The fourth-order valence-electron chi connectivity index (χ4n) is 2.49. The van der Waals surface area contributed by atoms with Crippen LogP contribution in [-0.2, 0) is 25.9 Å². The summed E-state index contributed by atoms with van der Waals surface area (Å²) < 4.78 is 30.9. The fraction of sp³-hybridized carbons (Fsp3) is 0.714. The number of hydrogen-bond donors (Lipinski definition) is 0. The van der Waals surface area contributed by atoms with Crippen molar-refractivity contribution in [2.75, 3.05) is 31.3 Å². The largest absolute Gasteiger partial charge is 0.372 e. The van der Waals surface area contributed by atoms with Crippen molar-refractivity contribution < 1.29 is 17.9 Å². The Morgan fingerprint density at radius 1 is 1.45 bits per heavy atom. The lowest BCUT2D eigenvalue weighted by Crippen LogP contribution is -2.47. The molecular weight excluding hydrogens is 306 g/mol. The van der Waals surface area contributed by atoms with Gasteiger partial charge in [-0.2, -0.15) is 5.10 Å². The summed E-state index contributed by atoms with van der Waals surface area (Å²) in [5.41, 5.74) is 0.758. The van der Waals surface area contributed by atoms with Crippen molar-refractivity contribution >= 4 is 15.7 Å². The highest BCUT2D eigenvalue weighted by molar-refractivity contribution is 7.91. The fourth-order valence-corrected chi connectivity index (χ4v) is 3.99. The Balaban J connectivity index is 2.17. The van der Waals surface area contributed by atoms with Gasteiger partial charge in [0.2, 0.25) is 5.91 Å². The van der Waals surface area contributed by atoms with Crippen LogP contribution in [0.25, 0.3) is 0 Å². The summed E-state index contributed by atoms with van der Waals surface area (Å²) in [5.74, 6) is -0.218. The number of ether oxygens (including phenoxy) is 1. The highest BCUT2D eigenvalue weighted by atomic mass is 32.2. The SMILES string of the molecule is CCCOCC(=O)N1CCS(=O)(=O)C[C@@H]1c1cnn(CC)c1. The van der Waals surface area contributed by atoms with Gasteiger partial charge in [-0.25, -0.2) is 8.42 Å². The molecule has 1 aromatic rings. The second-order valence-corrected chi connectivity index (χ2v) is 7.63. The Hall–Kier alpha value is -1.41. The lowest BCUT2D eigenvalue weighted by Gasteiger charge is -2.35. The van der Waals surface area contributed by atoms with Gasteiger partial charge in [0.05, 0.1) is 23.7 Å². The molecule has 2 rings (SSSR count). The molecule has 0 unspecified atom stereocenters. The number of sulfone groups is 1. The van der Waals surface area contributed by atoms with Crippen molar-refractivity contribution in [3.63, 3.8) is 0 Å². The Labute approximate surface area is 131 Å². The highest BCUT2D eigenvalue weighted by Gasteiger charge is 2.35. The van der Waals surface area contributed by atoms with Crippen LogP contribution in [0.1, 0.15) is 31.9 Å². The molecule has 8 heteroatoms. The topological polar surface area (TPSA) is 81.5 Å². The van der Waals surface area contributed by atoms with Crippen LogP contribution in [0, 0.1) is 0 Å². The molecule has 1 fully saturated rings. The van der Waals surface area contributed by atoms with Crippen molar-refractivity contribution in [1.29, 1.82) is 0 Å². The summed E-state index contributed by atoms with van der Waals surface area (Å²) in [7, 11) is -3.14. The number of carbonyl (C=O) groups excluding carboxylic acids is 1. The highest BCUT2D eigenvalue weighted by Crippen LogP contribution is 2.26. The van der Waals surface area contributed by atoms with Gasteiger partial charge in [0, 0.05) is 31.5 Å². The van der Waals surface area contributed by atoms with Gasteiger partial charge in [-0.05, 0) is 13.3 Å². The molecule has 1 aromatic heterocycles. The van der Waals surface area contributed by atoms with Crippen LogP contribution in [0.2, 0.25) is 0 Å². The number of carbonyl (C=O) groups is 1. The Morgan fingerprint density at radius 2 is 2.23 bits per heavy atom. The lowest BCUT2D eigenvalue weighted by atomic mass is 10.1. The summed E-state index contributed by atoms with van der Waals surface area (Å²) >= 11 is 0. The molecule has 7 nitrogen and oxygen atoms in total. The van der Waals surface area contributed by atoms with E-state index in [0.717, 1.165) is 12.0 Å². The molecule has 1 aliphatic rings. The minimum atomic E-state index is -3.14. The summed E-state index contributed by atoms with van der Waals surface area (Å²) in [4.78, 5) is 13.9. The average molecular weight is 329 g/mol. The molecule has 0 radical (unpaired) electrons. The summed E-state index contributed by atoms with van der Waals surface area (Å²) in [5, 5.41) is 4.18. The number of rotatable bonds is 6. The maximum atomic E-state index is 12.3. The first kappa shape index (κ1) is 17.0. The minimum absolute atomic E-state index is 0.00489. The van der Waals surface area contributed by atoms with Crippen LogP contribution in [0.3, 0.4) is 0 Å². The van der Waals surface area contributed by atoms with E-state index in [9.17, 15) is 13.2 Å². The van der Waals surface area contributed by atoms with Crippen molar-refractivity contribution in [3.8, 4) is 0 Å². The molecule has 0 N–H and O–H groups in total. The Bertz CT molecular complexity index is 611. The maximum Gasteiger partial charge on any atom is 0.249 e. The Kier molecular flexibility index (Phi) is 5.57. The minimum Gasteiger partial charge on any atom is -0.372 e. The molecule has 2 heterocycles. The third-order valence-electron chi connectivity index (χ3n) is 3.69. The van der Waals surface area contributed by atoms with Gasteiger partial charge < -0.3 is 9.64 Å². The first-order chi connectivity index (χ1) is 10.5. The second-order valence-electron chi connectivity index (χ2n) is 5.40. The summed E-state index contributed by atoms with van der Waals surface area (Å²) in [6.45, 7) is 5.35. The first-order valence-electron chi connectivity index (χ1n) is 7.56. The molecule has 1 aliphatic heterocycles. The molecule has 0 aromatic carbocycles. The molecule has 0 aliphatic carbocycles. The zero-order valence-electron chi connectivity index (χ0n) is 13.1. The van der Waals surface area contributed by atoms with Gasteiger partial charge in [0.1, 0.15) is 6.61 Å². The third kappa shape index (κ3) is 4.07. The van der Waals surface area contributed by atoms with E-state index in [1.807, 2.05) is 13.8 Å². The normalized spacial score (nSPS) is 21.0. The predicted octanol–water partition coefficient (Wildman–Crippen LogP) is 0.628. The predicted molar refractivity (Wildman–Crippen MR) is 82.1 cm³/mol. The van der Waals surface area contributed by atoms with Crippen molar-refractivity contribution in [2.24, 2.45) is 0 Å². The second kappa shape index (κ2) is 7.23. The molecule has 0 bridgehead atoms. The van der Waals surface area contributed by atoms with E-state index in [1.165, 1.54) is 0 Å². The monoisotopic (exact) mass is 329 g/mol. The van der Waals surface area contributed by atoms with E-state index in [2.05, 4.69) is 5.10 Å². The van der Waals surface area contributed by atoms with Crippen molar-refractivity contribution in [3.05, 3.63) is 18.0 Å². The standard InChI is InChI=1S/C14H23N3O4S/c1-3-6-21-10-14(18)17-5-7-22(19,20)11-13(17)12-8-15-16(4-2)9-12/h8-9,13H,3-7,10-11H2,1-2H3/t13-/m1/s1. The first-order valence-corrected chi connectivity index (χ1v) is 9.39. The van der Waals surface area contributed by atoms with Gasteiger partial charge in [0.15, 0.2) is 9.84 Å². The smallest absolute Gasteiger partial charge is 0.249 e. The van der Waals surface area contributed by atoms with E-state index in [1.54, 1.807) is 22.0 Å². The quantitative estimate of drug-likeness (QED) is 0.715. The maximum absolute atomic E-state index is 12.3. The molecule has 0 saturated carbocycles. The van der Waals surface area contributed by atoms with Crippen LogP contribution >= 0.6 is 0 Å². The molecule has 124 valence electrons. The van der Waals surface area contributed by atoms with E-state index in [-0.39, 0.29) is 30.6 Å². The van der Waals surface area contributed by atoms with Gasteiger partial charge in [-0.3, -0.25) is 9.48 Å². The summed E-state index contributed by atoms with van der Waals surface area (Å²) in [6.07, 6.45) is 4.29. The number of nitrogens with zero attached hydrogens (tertiary/aromatic N) is 3. The van der Waals surface area contributed by atoms with Crippen LogP contribution in [-0.4, -0.2) is 60.3 Å². The lowest BCUT2D eigenvalue weighted by molar-refractivity contribution is -0.138. The third-order valence-corrected chi connectivity index (χ3v) is 5.32. The molecule has 1 amide bonds. The zero-order chi connectivity index (χ0) is 16.2. The molecular formula is C14H23N3O4S. The van der Waals surface area contributed by atoms with E-state index in [4.69, 9.17) is 4.74 Å². The number of hydrogen-bond acceptors (Lipinski definition) is 5. The number of amides is 1. The van der Waals surface area contributed by atoms with Crippen LogP contribution in [0.15, 0.2) is 12.4 Å². The van der Waals surface area contributed by atoms with Gasteiger partial charge in [0.25, 0.3) is 0 Å². The van der Waals surface area contributed by atoms with Gasteiger partial charge >= 0.3 is 0 Å². The zero-order valence-corrected chi connectivity index (χ0v) is 13.9. The van der Waals surface area contributed by atoms with Gasteiger partial charge in [-0.1, -0.05) is 6.92 Å². The molecule has 22 heavy (non-hydrogen) atoms. The number of aromatic nitrogens is 2. The van der Waals surface area contributed by atoms with Crippen LogP contribution in [0.4, 0.5) is 0 Å².